The van der Waals surface area contributed by atoms with E-state index in [4.69, 9.17) is 5.11 Å². The average Bonchev–Trinajstić information content (AvgIpc) is 2.46. The standard InChI is InChI=1S/C16H21NO2/c1-13-4-2-3-5-15(13)6-7-16(19)17-10-8-14(12-18)9-11-17/h2-7,14,18H,8-12H2,1H3/b7-6+. The first-order valence-electron chi connectivity index (χ1n) is 6.84. The lowest BCUT2D eigenvalue weighted by Crippen LogP contribution is -2.38. The molecule has 1 aliphatic rings. The molecule has 1 aromatic rings. The predicted molar refractivity (Wildman–Crippen MR) is 76.6 cm³/mol. The smallest absolute Gasteiger partial charge is 0.246 e. The summed E-state index contributed by atoms with van der Waals surface area (Å²) in [6.07, 6.45) is 5.35. The highest BCUT2D eigenvalue weighted by Crippen LogP contribution is 2.17. The van der Waals surface area contributed by atoms with Gasteiger partial charge in [-0.25, -0.2) is 0 Å². The van der Waals surface area contributed by atoms with Crippen molar-refractivity contribution in [3.8, 4) is 0 Å². The molecule has 1 fully saturated rings. The van der Waals surface area contributed by atoms with E-state index in [0.29, 0.717) is 5.92 Å². The van der Waals surface area contributed by atoms with E-state index in [1.54, 1.807) is 6.08 Å². The summed E-state index contributed by atoms with van der Waals surface area (Å²) in [6.45, 7) is 3.78. The van der Waals surface area contributed by atoms with Crippen LogP contribution in [0, 0.1) is 12.8 Å². The van der Waals surface area contributed by atoms with Gasteiger partial charge in [0, 0.05) is 25.8 Å². The molecule has 0 unspecified atom stereocenters. The number of benzene rings is 1. The van der Waals surface area contributed by atoms with Crippen molar-refractivity contribution in [2.24, 2.45) is 5.92 Å². The Balaban J connectivity index is 1.93. The lowest BCUT2D eigenvalue weighted by atomic mass is 9.98. The molecule has 0 atom stereocenters. The molecular weight excluding hydrogens is 238 g/mol. The Morgan fingerprint density at radius 3 is 2.68 bits per heavy atom. The fourth-order valence-corrected chi connectivity index (χ4v) is 2.38. The molecule has 2 rings (SSSR count). The van der Waals surface area contributed by atoms with Crippen LogP contribution >= 0.6 is 0 Å². The number of hydrogen-bond acceptors (Lipinski definition) is 2. The number of aliphatic hydroxyl groups excluding tert-OH is 1. The Bertz CT molecular complexity index is 460. The van der Waals surface area contributed by atoms with Gasteiger partial charge in [-0.05, 0) is 42.9 Å². The zero-order valence-electron chi connectivity index (χ0n) is 11.4. The Labute approximate surface area is 114 Å². The molecule has 0 aliphatic carbocycles. The van der Waals surface area contributed by atoms with Crippen molar-refractivity contribution in [1.82, 2.24) is 4.90 Å². The molecule has 102 valence electrons. The van der Waals surface area contributed by atoms with E-state index >= 15 is 0 Å². The molecule has 0 saturated carbocycles. The van der Waals surface area contributed by atoms with E-state index < -0.39 is 0 Å². The first-order chi connectivity index (χ1) is 9.20. The van der Waals surface area contributed by atoms with Gasteiger partial charge < -0.3 is 10.0 Å². The average molecular weight is 259 g/mol. The van der Waals surface area contributed by atoms with Crippen LogP contribution in [-0.2, 0) is 4.79 Å². The molecule has 0 bridgehead atoms. The third-order valence-electron chi connectivity index (χ3n) is 3.78. The van der Waals surface area contributed by atoms with Crippen molar-refractivity contribution in [3.05, 3.63) is 41.5 Å². The van der Waals surface area contributed by atoms with Gasteiger partial charge >= 0.3 is 0 Å². The maximum atomic E-state index is 12.1. The van der Waals surface area contributed by atoms with Crippen LogP contribution in [0.4, 0.5) is 0 Å². The number of nitrogens with zero attached hydrogens (tertiary/aromatic N) is 1. The summed E-state index contributed by atoms with van der Waals surface area (Å²) in [4.78, 5) is 13.9. The third-order valence-corrected chi connectivity index (χ3v) is 3.78. The molecule has 0 radical (unpaired) electrons. The van der Waals surface area contributed by atoms with Gasteiger partial charge in [0.25, 0.3) is 0 Å². The van der Waals surface area contributed by atoms with E-state index in [0.717, 1.165) is 31.5 Å². The normalized spacial score (nSPS) is 17.1. The summed E-state index contributed by atoms with van der Waals surface area (Å²) < 4.78 is 0. The summed E-state index contributed by atoms with van der Waals surface area (Å²) in [5.74, 6) is 0.434. The van der Waals surface area contributed by atoms with Crippen LogP contribution in [0.2, 0.25) is 0 Å². The Morgan fingerprint density at radius 1 is 1.37 bits per heavy atom. The number of carbonyl (C=O) groups excluding carboxylic acids is 1. The topological polar surface area (TPSA) is 40.5 Å². The van der Waals surface area contributed by atoms with Crippen molar-refractivity contribution in [2.45, 2.75) is 19.8 Å². The van der Waals surface area contributed by atoms with E-state index in [1.807, 2.05) is 42.2 Å². The maximum Gasteiger partial charge on any atom is 0.246 e. The molecule has 1 heterocycles. The molecule has 0 spiro atoms. The van der Waals surface area contributed by atoms with Crippen molar-refractivity contribution >= 4 is 12.0 Å². The zero-order valence-corrected chi connectivity index (χ0v) is 11.4. The second-order valence-corrected chi connectivity index (χ2v) is 5.14. The fraction of sp³-hybridized carbons (Fsp3) is 0.438. The van der Waals surface area contributed by atoms with Crippen LogP contribution in [0.15, 0.2) is 30.3 Å². The summed E-state index contributed by atoms with van der Waals surface area (Å²) in [6, 6.07) is 8.02. The van der Waals surface area contributed by atoms with Crippen molar-refractivity contribution in [1.29, 1.82) is 0 Å². The molecule has 1 N–H and O–H groups in total. The van der Waals surface area contributed by atoms with Gasteiger partial charge in [-0.1, -0.05) is 24.3 Å². The first-order valence-corrected chi connectivity index (χ1v) is 6.84. The zero-order chi connectivity index (χ0) is 13.7. The molecule has 0 aromatic heterocycles. The number of rotatable bonds is 3. The Kier molecular flexibility index (Phi) is 4.74. The van der Waals surface area contributed by atoms with Gasteiger partial charge in [0.05, 0.1) is 0 Å². The van der Waals surface area contributed by atoms with E-state index in [1.165, 1.54) is 5.56 Å². The summed E-state index contributed by atoms with van der Waals surface area (Å²) in [5.41, 5.74) is 2.26. The lowest BCUT2D eigenvalue weighted by molar-refractivity contribution is -0.127. The second-order valence-electron chi connectivity index (χ2n) is 5.14. The highest BCUT2D eigenvalue weighted by Gasteiger charge is 2.20. The summed E-state index contributed by atoms with van der Waals surface area (Å²) in [7, 11) is 0. The molecule has 1 aliphatic heterocycles. The molecule has 1 amide bonds. The monoisotopic (exact) mass is 259 g/mol. The van der Waals surface area contributed by atoms with Gasteiger partial charge in [-0.2, -0.15) is 0 Å². The van der Waals surface area contributed by atoms with Crippen LogP contribution in [0.25, 0.3) is 6.08 Å². The number of amides is 1. The molecule has 19 heavy (non-hydrogen) atoms. The second kappa shape index (κ2) is 6.53. The van der Waals surface area contributed by atoms with Gasteiger partial charge in [0.15, 0.2) is 0 Å². The van der Waals surface area contributed by atoms with Crippen LogP contribution in [0.5, 0.6) is 0 Å². The number of aliphatic hydroxyl groups is 1. The van der Waals surface area contributed by atoms with Crippen LogP contribution in [0.1, 0.15) is 24.0 Å². The highest BCUT2D eigenvalue weighted by molar-refractivity contribution is 5.92. The minimum atomic E-state index is 0.0691. The molecule has 1 saturated heterocycles. The number of carbonyl (C=O) groups is 1. The van der Waals surface area contributed by atoms with E-state index in [9.17, 15) is 4.79 Å². The molecule has 1 aromatic carbocycles. The number of piperidine rings is 1. The van der Waals surface area contributed by atoms with Crippen molar-refractivity contribution in [2.75, 3.05) is 19.7 Å². The highest BCUT2D eigenvalue weighted by atomic mass is 16.3. The third kappa shape index (κ3) is 3.67. The summed E-state index contributed by atoms with van der Waals surface area (Å²) in [5, 5.41) is 9.08. The minimum absolute atomic E-state index is 0.0691. The molecule has 3 heteroatoms. The van der Waals surface area contributed by atoms with Crippen LogP contribution < -0.4 is 0 Å². The summed E-state index contributed by atoms with van der Waals surface area (Å²) >= 11 is 0. The fourth-order valence-electron chi connectivity index (χ4n) is 2.38. The number of hydrogen-bond donors (Lipinski definition) is 1. The SMILES string of the molecule is Cc1ccccc1/C=C/C(=O)N1CCC(CO)CC1. The molecule has 3 nitrogen and oxygen atoms in total. The Morgan fingerprint density at radius 2 is 2.05 bits per heavy atom. The van der Waals surface area contributed by atoms with Gasteiger partial charge in [-0.3, -0.25) is 4.79 Å². The first kappa shape index (κ1) is 13.8. The maximum absolute atomic E-state index is 12.1. The number of likely N-dealkylation sites (tertiary alicyclic amines) is 1. The van der Waals surface area contributed by atoms with E-state index in [-0.39, 0.29) is 12.5 Å². The minimum Gasteiger partial charge on any atom is -0.396 e. The van der Waals surface area contributed by atoms with Crippen molar-refractivity contribution in [3.63, 3.8) is 0 Å². The predicted octanol–water partition coefficient (Wildman–Crippen LogP) is 2.24. The van der Waals surface area contributed by atoms with Crippen molar-refractivity contribution < 1.29 is 9.90 Å². The number of aryl methyl sites for hydroxylation is 1. The Hall–Kier alpha value is -1.61. The van der Waals surface area contributed by atoms with E-state index in [2.05, 4.69) is 0 Å². The van der Waals surface area contributed by atoms with Gasteiger partial charge in [0.2, 0.25) is 5.91 Å². The quantitative estimate of drug-likeness (QED) is 0.846. The van der Waals surface area contributed by atoms with Crippen LogP contribution in [0.3, 0.4) is 0 Å². The van der Waals surface area contributed by atoms with Gasteiger partial charge in [-0.15, -0.1) is 0 Å². The van der Waals surface area contributed by atoms with Gasteiger partial charge in [0.1, 0.15) is 0 Å². The largest absolute Gasteiger partial charge is 0.396 e. The molecular formula is C16H21NO2. The lowest BCUT2D eigenvalue weighted by Gasteiger charge is -2.30. The van der Waals surface area contributed by atoms with Crippen LogP contribution in [-0.4, -0.2) is 35.6 Å².